The van der Waals surface area contributed by atoms with Crippen molar-refractivity contribution in [3.63, 3.8) is 0 Å². The molecule has 22 heavy (non-hydrogen) atoms. The van der Waals surface area contributed by atoms with Crippen molar-refractivity contribution in [2.75, 3.05) is 25.6 Å². The number of aliphatic imine (C=N–C) groups is 1. The Balaban J connectivity index is 1.52. The van der Waals surface area contributed by atoms with E-state index in [2.05, 4.69) is 10.3 Å². The molecule has 120 valence electrons. The number of nitrogens with two attached hydrogens (primary N) is 1. The molecule has 2 aliphatic rings. The van der Waals surface area contributed by atoms with Crippen LogP contribution in [0.3, 0.4) is 0 Å². The Hall–Kier alpha value is -1.79. The third kappa shape index (κ3) is 3.51. The number of guanidine groups is 1. The Labute approximate surface area is 130 Å². The van der Waals surface area contributed by atoms with Crippen molar-refractivity contribution in [2.24, 2.45) is 10.7 Å². The second kappa shape index (κ2) is 6.54. The van der Waals surface area contributed by atoms with E-state index in [4.69, 9.17) is 19.9 Å². The number of anilines is 1. The Bertz CT molecular complexity index is 541. The van der Waals surface area contributed by atoms with Crippen molar-refractivity contribution in [3.05, 3.63) is 24.3 Å². The molecule has 3 N–H and O–H groups in total. The van der Waals surface area contributed by atoms with Gasteiger partial charge in [0.05, 0.1) is 20.3 Å². The number of rotatable bonds is 4. The quantitative estimate of drug-likeness (QED) is 0.658. The number of nitrogens with one attached hydrogen (secondary N) is 1. The van der Waals surface area contributed by atoms with Gasteiger partial charge in [-0.2, -0.15) is 0 Å². The van der Waals surface area contributed by atoms with Crippen LogP contribution in [0.25, 0.3) is 0 Å². The lowest BCUT2D eigenvalue weighted by atomic mass is 10.2. The Morgan fingerprint density at radius 1 is 1.45 bits per heavy atom. The largest absolute Gasteiger partial charge is 0.497 e. The number of benzene rings is 1. The third-order valence-electron chi connectivity index (χ3n) is 4.09. The lowest BCUT2D eigenvalue weighted by Crippen LogP contribution is -2.28. The Kier molecular flexibility index (Phi) is 4.49. The fourth-order valence-corrected chi connectivity index (χ4v) is 2.97. The lowest BCUT2D eigenvalue weighted by Gasteiger charge is -2.21. The van der Waals surface area contributed by atoms with Gasteiger partial charge in [-0.15, -0.1) is 0 Å². The van der Waals surface area contributed by atoms with Crippen LogP contribution in [0.5, 0.6) is 5.75 Å². The zero-order chi connectivity index (χ0) is 15.4. The zero-order valence-corrected chi connectivity index (χ0v) is 12.9. The van der Waals surface area contributed by atoms with Crippen molar-refractivity contribution in [1.82, 2.24) is 0 Å². The monoisotopic (exact) mass is 305 g/mol. The van der Waals surface area contributed by atoms with Crippen LogP contribution < -0.4 is 15.8 Å². The molecule has 1 atom stereocenters. The summed E-state index contributed by atoms with van der Waals surface area (Å²) < 4.78 is 17.0. The summed E-state index contributed by atoms with van der Waals surface area (Å²) in [6.07, 6.45) is 4.32. The second-order valence-corrected chi connectivity index (χ2v) is 5.75. The molecule has 1 heterocycles. The molecule has 1 aromatic carbocycles. The van der Waals surface area contributed by atoms with Crippen molar-refractivity contribution >= 4 is 11.6 Å². The molecule has 1 saturated carbocycles. The maximum absolute atomic E-state index is 6.01. The average molecular weight is 305 g/mol. The van der Waals surface area contributed by atoms with Gasteiger partial charge in [-0.3, -0.25) is 4.99 Å². The summed E-state index contributed by atoms with van der Waals surface area (Å²) in [5.41, 5.74) is 6.77. The Morgan fingerprint density at radius 2 is 2.27 bits per heavy atom. The number of ether oxygens (including phenoxy) is 3. The fourth-order valence-electron chi connectivity index (χ4n) is 2.97. The maximum Gasteiger partial charge on any atom is 0.193 e. The fraction of sp³-hybridized carbons (Fsp3) is 0.562. The Morgan fingerprint density at radius 3 is 3.05 bits per heavy atom. The predicted molar refractivity (Wildman–Crippen MR) is 85.1 cm³/mol. The maximum atomic E-state index is 6.01. The summed E-state index contributed by atoms with van der Waals surface area (Å²) >= 11 is 0. The molecular formula is C16H23N3O3. The highest BCUT2D eigenvalue weighted by Crippen LogP contribution is 2.39. The second-order valence-electron chi connectivity index (χ2n) is 5.75. The molecule has 1 unspecified atom stereocenters. The van der Waals surface area contributed by atoms with Crippen LogP contribution in [0.15, 0.2) is 29.3 Å². The lowest BCUT2D eigenvalue weighted by molar-refractivity contribution is -0.160. The van der Waals surface area contributed by atoms with E-state index in [0.717, 1.165) is 24.3 Å². The molecule has 1 aliphatic heterocycles. The summed E-state index contributed by atoms with van der Waals surface area (Å²) in [5.74, 6) is 0.799. The van der Waals surface area contributed by atoms with E-state index in [9.17, 15) is 0 Å². The van der Waals surface area contributed by atoms with Crippen molar-refractivity contribution in [1.29, 1.82) is 0 Å². The molecule has 6 heteroatoms. The van der Waals surface area contributed by atoms with Gasteiger partial charge in [-0.25, -0.2) is 0 Å². The molecular weight excluding hydrogens is 282 g/mol. The predicted octanol–water partition coefficient (Wildman–Crippen LogP) is 2.11. The minimum atomic E-state index is -0.338. The molecule has 0 amide bonds. The SMILES string of the molecule is COc1cccc(NC(N)=NCC2COC3(CCCC3)O2)c1. The topological polar surface area (TPSA) is 78.1 Å². The van der Waals surface area contributed by atoms with Gasteiger partial charge in [0.2, 0.25) is 0 Å². The van der Waals surface area contributed by atoms with Crippen molar-refractivity contribution < 1.29 is 14.2 Å². The van der Waals surface area contributed by atoms with Crippen LogP contribution in [0, 0.1) is 0 Å². The van der Waals surface area contributed by atoms with E-state index < -0.39 is 0 Å². The summed E-state index contributed by atoms with van der Waals surface area (Å²) in [6, 6.07) is 7.55. The van der Waals surface area contributed by atoms with Gasteiger partial charge in [-0.1, -0.05) is 6.07 Å². The first kappa shape index (κ1) is 15.1. The number of hydrogen-bond donors (Lipinski definition) is 2. The van der Waals surface area contributed by atoms with Gasteiger partial charge < -0.3 is 25.3 Å². The molecule has 1 spiro atoms. The molecule has 0 bridgehead atoms. The summed E-state index contributed by atoms with van der Waals surface area (Å²) in [7, 11) is 1.63. The molecule has 2 fully saturated rings. The summed E-state index contributed by atoms with van der Waals surface area (Å²) in [4.78, 5) is 4.35. The van der Waals surface area contributed by atoms with E-state index in [-0.39, 0.29) is 11.9 Å². The van der Waals surface area contributed by atoms with Gasteiger partial charge in [0, 0.05) is 24.6 Å². The van der Waals surface area contributed by atoms with Crippen LogP contribution in [0.2, 0.25) is 0 Å². The first-order valence-corrected chi connectivity index (χ1v) is 7.72. The van der Waals surface area contributed by atoms with Crippen LogP contribution in [-0.4, -0.2) is 38.1 Å². The van der Waals surface area contributed by atoms with Crippen LogP contribution in [0.4, 0.5) is 5.69 Å². The van der Waals surface area contributed by atoms with Crippen LogP contribution in [-0.2, 0) is 9.47 Å². The molecule has 6 nitrogen and oxygen atoms in total. The highest BCUT2D eigenvalue weighted by Gasteiger charge is 2.43. The van der Waals surface area contributed by atoms with E-state index in [1.54, 1.807) is 7.11 Å². The highest BCUT2D eigenvalue weighted by molar-refractivity contribution is 5.92. The standard InChI is InChI=1S/C16H23N3O3/c1-20-13-6-4-5-12(9-13)19-15(17)18-10-14-11-21-16(22-14)7-2-3-8-16/h4-6,9,14H,2-3,7-8,10-11H2,1H3,(H3,17,18,19). The van der Waals surface area contributed by atoms with Crippen molar-refractivity contribution in [2.45, 2.75) is 37.6 Å². The molecule has 1 aliphatic carbocycles. The first-order chi connectivity index (χ1) is 10.7. The number of nitrogens with zero attached hydrogens (tertiary/aromatic N) is 1. The van der Waals surface area contributed by atoms with Crippen molar-refractivity contribution in [3.8, 4) is 5.75 Å². The number of methoxy groups -OCH3 is 1. The van der Waals surface area contributed by atoms with E-state index in [1.165, 1.54) is 12.8 Å². The smallest absolute Gasteiger partial charge is 0.193 e. The number of hydrogen-bond acceptors (Lipinski definition) is 4. The van der Waals surface area contributed by atoms with E-state index >= 15 is 0 Å². The van der Waals surface area contributed by atoms with Gasteiger partial charge in [0.1, 0.15) is 11.9 Å². The minimum absolute atomic E-state index is 0.0104. The van der Waals surface area contributed by atoms with Crippen LogP contribution >= 0.6 is 0 Å². The van der Waals surface area contributed by atoms with Crippen LogP contribution in [0.1, 0.15) is 25.7 Å². The van der Waals surface area contributed by atoms with Gasteiger partial charge in [0.15, 0.2) is 11.7 Å². The summed E-state index contributed by atoms with van der Waals surface area (Å²) in [5, 5.41) is 3.05. The summed E-state index contributed by atoms with van der Waals surface area (Å²) in [6.45, 7) is 1.10. The van der Waals surface area contributed by atoms with E-state index in [0.29, 0.717) is 19.1 Å². The normalized spacial score (nSPS) is 23.9. The molecule has 0 aromatic heterocycles. The van der Waals surface area contributed by atoms with E-state index in [1.807, 2.05) is 24.3 Å². The highest BCUT2D eigenvalue weighted by atomic mass is 16.7. The minimum Gasteiger partial charge on any atom is -0.497 e. The van der Waals surface area contributed by atoms with Gasteiger partial charge in [-0.05, 0) is 25.0 Å². The van der Waals surface area contributed by atoms with Gasteiger partial charge in [0.25, 0.3) is 0 Å². The van der Waals surface area contributed by atoms with Gasteiger partial charge >= 0.3 is 0 Å². The molecule has 3 rings (SSSR count). The first-order valence-electron chi connectivity index (χ1n) is 7.72. The average Bonchev–Trinajstić information content (AvgIpc) is 3.16. The molecule has 0 radical (unpaired) electrons. The third-order valence-corrected chi connectivity index (χ3v) is 4.09. The zero-order valence-electron chi connectivity index (χ0n) is 12.9. The molecule has 1 saturated heterocycles. The molecule has 1 aromatic rings.